The minimum Gasteiger partial charge on any atom is -0.496 e. The van der Waals surface area contributed by atoms with Gasteiger partial charge in [0.15, 0.2) is 16.1 Å². The molecule has 0 saturated heterocycles. The largest absolute Gasteiger partial charge is 0.496 e. The molecule has 8 heteroatoms. The zero-order chi connectivity index (χ0) is 15.6. The molecule has 7 nitrogen and oxygen atoms in total. The second kappa shape index (κ2) is 6.31. The molecular formula is C13H17BrN4O3. The average Bonchev–Trinajstić information content (AvgIpc) is 2.84. The first-order valence-electron chi connectivity index (χ1n) is 6.14. The van der Waals surface area contributed by atoms with Crippen molar-refractivity contribution in [2.24, 2.45) is 12.8 Å². The highest BCUT2D eigenvalue weighted by molar-refractivity contribution is 9.10. The molecule has 0 saturated carbocycles. The van der Waals surface area contributed by atoms with Crippen LogP contribution in [0.2, 0.25) is 0 Å². The predicted molar refractivity (Wildman–Crippen MR) is 80.8 cm³/mol. The normalized spacial score (nSPS) is 12.1. The van der Waals surface area contributed by atoms with Crippen LogP contribution in [-0.2, 0) is 7.05 Å². The molecular weight excluding hydrogens is 340 g/mol. The summed E-state index contributed by atoms with van der Waals surface area (Å²) in [7, 11) is 6.49. The number of halogens is 1. The summed E-state index contributed by atoms with van der Waals surface area (Å²) < 4.78 is 18.2. The van der Waals surface area contributed by atoms with E-state index in [2.05, 4.69) is 26.2 Å². The fourth-order valence-corrected chi connectivity index (χ4v) is 2.69. The maximum absolute atomic E-state index is 6.35. The van der Waals surface area contributed by atoms with Crippen LogP contribution in [0.4, 0.5) is 0 Å². The molecule has 0 fully saturated rings. The van der Waals surface area contributed by atoms with E-state index in [1.807, 2.05) is 0 Å². The number of aryl methyl sites for hydroxylation is 1. The quantitative estimate of drug-likeness (QED) is 0.876. The molecule has 1 atom stereocenters. The van der Waals surface area contributed by atoms with E-state index in [9.17, 15) is 0 Å². The van der Waals surface area contributed by atoms with Crippen LogP contribution in [0.25, 0.3) is 0 Å². The summed E-state index contributed by atoms with van der Waals surface area (Å²) in [6.45, 7) is 0. The third-order valence-electron chi connectivity index (χ3n) is 3.19. The van der Waals surface area contributed by atoms with E-state index in [0.717, 1.165) is 11.3 Å². The Morgan fingerprint density at radius 3 is 2.14 bits per heavy atom. The minimum absolute atomic E-state index is 0.478. The summed E-state index contributed by atoms with van der Waals surface area (Å²) in [6.07, 6.45) is 0. The van der Waals surface area contributed by atoms with Crippen LogP contribution < -0.4 is 19.9 Å². The van der Waals surface area contributed by atoms with Gasteiger partial charge in [0.1, 0.15) is 5.75 Å². The lowest BCUT2D eigenvalue weighted by Gasteiger charge is -2.18. The van der Waals surface area contributed by atoms with E-state index in [1.54, 1.807) is 45.2 Å². The number of nitrogens with two attached hydrogens (primary N) is 1. The van der Waals surface area contributed by atoms with Crippen LogP contribution in [0.1, 0.15) is 17.3 Å². The maximum atomic E-state index is 6.35. The van der Waals surface area contributed by atoms with Gasteiger partial charge in [-0.3, -0.25) is 0 Å². The van der Waals surface area contributed by atoms with Gasteiger partial charge in [0.05, 0.1) is 33.1 Å². The molecule has 0 aliphatic rings. The molecule has 1 aromatic carbocycles. The van der Waals surface area contributed by atoms with Gasteiger partial charge in [0.2, 0.25) is 0 Å². The lowest BCUT2D eigenvalue weighted by molar-refractivity contribution is 0.347. The molecule has 2 rings (SSSR count). The Kier molecular flexibility index (Phi) is 4.69. The molecule has 1 aromatic heterocycles. The number of rotatable bonds is 5. The van der Waals surface area contributed by atoms with E-state index < -0.39 is 6.04 Å². The van der Waals surface area contributed by atoms with Gasteiger partial charge in [-0.15, -0.1) is 5.10 Å². The molecule has 1 unspecified atom stereocenters. The average molecular weight is 357 g/mol. The Morgan fingerprint density at radius 1 is 1.10 bits per heavy atom. The lowest BCUT2D eigenvalue weighted by Crippen LogP contribution is -2.17. The first-order chi connectivity index (χ1) is 10.0. The number of hydrogen-bond acceptors (Lipinski definition) is 6. The van der Waals surface area contributed by atoms with Crippen molar-refractivity contribution in [2.75, 3.05) is 21.3 Å². The molecule has 1 heterocycles. The van der Waals surface area contributed by atoms with Crippen molar-refractivity contribution in [3.05, 3.63) is 28.0 Å². The number of aromatic nitrogens is 3. The summed E-state index contributed by atoms with van der Waals surface area (Å²) in [5.74, 6) is 1.76. The molecule has 0 aliphatic carbocycles. The summed E-state index contributed by atoms with van der Waals surface area (Å²) in [4.78, 5) is 0. The summed E-state index contributed by atoms with van der Waals surface area (Å²) in [5.41, 5.74) is 7.83. The Balaban J connectivity index is 2.57. The molecule has 0 spiro atoms. The van der Waals surface area contributed by atoms with Gasteiger partial charge in [-0.2, -0.15) is 0 Å². The second-order valence-corrected chi connectivity index (χ2v) is 5.07. The van der Waals surface area contributed by atoms with Crippen molar-refractivity contribution in [1.82, 2.24) is 15.0 Å². The number of hydrogen-bond donors (Lipinski definition) is 1. The summed E-state index contributed by atoms with van der Waals surface area (Å²) >= 11 is 3.35. The first-order valence-corrected chi connectivity index (χ1v) is 6.93. The molecule has 2 aromatic rings. The van der Waals surface area contributed by atoms with E-state index in [-0.39, 0.29) is 0 Å². The zero-order valence-corrected chi connectivity index (χ0v) is 13.8. The number of nitrogens with zero attached hydrogens (tertiary/aromatic N) is 3. The van der Waals surface area contributed by atoms with Crippen molar-refractivity contribution >= 4 is 15.9 Å². The van der Waals surface area contributed by atoms with Gasteiger partial charge in [-0.05, 0) is 22.0 Å². The third-order valence-corrected chi connectivity index (χ3v) is 3.76. The van der Waals surface area contributed by atoms with Gasteiger partial charge < -0.3 is 19.9 Å². The second-order valence-electron chi connectivity index (χ2n) is 4.32. The van der Waals surface area contributed by atoms with Crippen LogP contribution in [-0.4, -0.2) is 36.3 Å². The molecule has 21 heavy (non-hydrogen) atoms. The summed E-state index contributed by atoms with van der Waals surface area (Å²) in [5, 5.41) is 7.88. The van der Waals surface area contributed by atoms with Gasteiger partial charge in [0, 0.05) is 18.7 Å². The monoisotopic (exact) mass is 356 g/mol. The van der Waals surface area contributed by atoms with E-state index in [0.29, 0.717) is 21.9 Å². The highest BCUT2D eigenvalue weighted by Crippen LogP contribution is 2.39. The van der Waals surface area contributed by atoms with Gasteiger partial charge >= 0.3 is 0 Å². The van der Waals surface area contributed by atoms with Crippen LogP contribution >= 0.6 is 15.9 Å². The number of benzene rings is 1. The molecule has 0 aliphatic heterocycles. The molecule has 2 N–H and O–H groups in total. The minimum atomic E-state index is -0.478. The van der Waals surface area contributed by atoms with E-state index in [4.69, 9.17) is 19.9 Å². The highest BCUT2D eigenvalue weighted by Gasteiger charge is 2.23. The third kappa shape index (κ3) is 2.81. The van der Waals surface area contributed by atoms with Gasteiger partial charge in [-0.25, -0.2) is 4.68 Å². The highest BCUT2D eigenvalue weighted by atomic mass is 79.9. The van der Waals surface area contributed by atoms with Crippen molar-refractivity contribution in [3.8, 4) is 17.2 Å². The van der Waals surface area contributed by atoms with Crippen LogP contribution in [0.3, 0.4) is 0 Å². The van der Waals surface area contributed by atoms with Crippen molar-refractivity contribution < 1.29 is 14.2 Å². The zero-order valence-electron chi connectivity index (χ0n) is 12.3. The predicted octanol–water partition coefficient (Wildman–Crippen LogP) is 1.65. The maximum Gasteiger partial charge on any atom is 0.164 e. The Hall–Kier alpha value is -1.80. The van der Waals surface area contributed by atoms with Crippen molar-refractivity contribution in [2.45, 2.75) is 6.04 Å². The molecule has 114 valence electrons. The summed E-state index contributed by atoms with van der Waals surface area (Å²) in [6, 6.07) is 3.06. The molecule has 0 amide bonds. The Bertz CT molecular complexity index is 625. The number of ether oxygens (including phenoxy) is 3. The van der Waals surface area contributed by atoms with Crippen LogP contribution in [0, 0.1) is 0 Å². The fraction of sp³-hybridized carbons (Fsp3) is 0.385. The fourth-order valence-electron chi connectivity index (χ4n) is 2.11. The van der Waals surface area contributed by atoms with Crippen LogP contribution in [0.5, 0.6) is 17.2 Å². The van der Waals surface area contributed by atoms with Gasteiger partial charge in [-0.1, -0.05) is 5.21 Å². The topological polar surface area (TPSA) is 84.4 Å². The Labute approximate surface area is 131 Å². The standard InChI is InChI=1S/C13H17BrN4O3/c1-18-12(13(14)16-17-18)11(15)7-5-9(20-3)10(21-4)6-8(7)19-2/h5-6,11H,15H2,1-4H3. The van der Waals surface area contributed by atoms with E-state index in [1.165, 1.54) is 0 Å². The smallest absolute Gasteiger partial charge is 0.164 e. The molecule has 0 radical (unpaired) electrons. The lowest BCUT2D eigenvalue weighted by atomic mass is 10.0. The Morgan fingerprint density at radius 2 is 1.67 bits per heavy atom. The van der Waals surface area contributed by atoms with Crippen molar-refractivity contribution in [3.63, 3.8) is 0 Å². The van der Waals surface area contributed by atoms with Crippen LogP contribution in [0.15, 0.2) is 16.7 Å². The molecule has 0 bridgehead atoms. The van der Waals surface area contributed by atoms with E-state index >= 15 is 0 Å². The first kappa shape index (κ1) is 15.6. The number of methoxy groups -OCH3 is 3. The van der Waals surface area contributed by atoms with Gasteiger partial charge in [0.25, 0.3) is 0 Å². The van der Waals surface area contributed by atoms with Crippen molar-refractivity contribution in [1.29, 1.82) is 0 Å². The SMILES string of the molecule is COc1cc(OC)c(C(N)c2c(Br)nnn2C)cc1OC.